The lowest BCUT2D eigenvalue weighted by Gasteiger charge is -2.25. The number of benzene rings is 1. The highest BCUT2D eigenvalue weighted by atomic mass is 19.1. The standard InChI is InChI=1S/C12H16FN3O3/c1-12(2,3)10(14)11(17)15-7-4-5-8(13)9(6-7)16(18)19/h4-6,10H,14H2,1-3H3,(H,15,17). The Morgan fingerprint density at radius 3 is 2.53 bits per heavy atom. The van der Waals surface area contributed by atoms with Gasteiger partial charge < -0.3 is 11.1 Å². The number of halogens is 1. The van der Waals surface area contributed by atoms with Crippen molar-refractivity contribution in [3.63, 3.8) is 0 Å². The molecule has 0 fully saturated rings. The summed E-state index contributed by atoms with van der Waals surface area (Å²) in [7, 11) is 0. The summed E-state index contributed by atoms with van der Waals surface area (Å²) in [6, 6.07) is 2.35. The van der Waals surface area contributed by atoms with Gasteiger partial charge in [-0.2, -0.15) is 4.39 Å². The number of nitrogens with zero attached hydrogens (tertiary/aromatic N) is 1. The molecule has 1 aromatic rings. The van der Waals surface area contributed by atoms with Crippen molar-refractivity contribution in [2.45, 2.75) is 26.8 Å². The van der Waals surface area contributed by atoms with Crippen LogP contribution >= 0.6 is 0 Å². The Morgan fingerprint density at radius 1 is 1.47 bits per heavy atom. The summed E-state index contributed by atoms with van der Waals surface area (Å²) in [5.74, 6) is -1.43. The third-order valence-electron chi connectivity index (χ3n) is 2.63. The third-order valence-corrected chi connectivity index (χ3v) is 2.63. The van der Waals surface area contributed by atoms with Crippen molar-refractivity contribution in [1.29, 1.82) is 0 Å². The van der Waals surface area contributed by atoms with Crippen molar-refractivity contribution < 1.29 is 14.1 Å². The molecule has 1 amide bonds. The van der Waals surface area contributed by atoms with Crippen LogP contribution < -0.4 is 11.1 Å². The second-order valence-electron chi connectivity index (χ2n) is 5.26. The van der Waals surface area contributed by atoms with Gasteiger partial charge in [0.05, 0.1) is 11.0 Å². The van der Waals surface area contributed by atoms with Gasteiger partial charge >= 0.3 is 5.69 Å². The number of nitrogens with two attached hydrogens (primary N) is 1. The topological polar surface area (TPSA) is 98.3 Å². The molecule has 0 aliphatic carbocycles. The maximum absolute atomic E-state index is 13.1. The van der Waals surface area contributed by atoms with Crippen LogP contribution in [0.15, 0.2) is 18.2 Å². The molecule has 0 aliphatic rings. The fourth-order valence-electron chi connectivity index (χ4n) is 1.34. The van der Waals surface area contributed by atoms with E-state index in [0.717, 1.165) is 12.1 Å². The van der Waals surface area contributed by atoms with Crippen LogP contribution in [0, 0.1) is 21.3 Å². The number of nitrogens with one attached hydrogen (secondary N) is 1. The molecule has 0 spiro atoms. The fraction of sp³-hybridized carbons (Fsp3) is 0.417. The molecule has 0 aromatic heterocycles. The van der Waals surface area contributed by atoms with Gasteiger partial charge in [-0.3, -0.25) is 14.9 Å². The molecule has 1 atom stereocenters. The van der Waals surface area contributed by atoms with Crippen molar-refractivity contribution in [2.24, 2.45) is 11.1 Å². The number of nitro groups is 1. The van der Waals surface area contributed by atoms with Gasteiger partial charge in [0.1, 0.15) is 0 Å². The smallest absolute Gasteiger partial charge is 0.306 e. The van der Waals surface area contributed by atoms with Crippen molar-refractivity contribution in [3.05, 3.63) is 34.1 Å². The molecule has 1 rings (SSSR count). The maximum atomic E-state index is 13.1. The van der Waals surface area contributed by atoms with Crippen LogP contribution in [0.25, 0.3) is 0 Å². The number of anilines is 1. The van der Waals surface area contributed by atoms with Crippen LogP contribution in [0.5, 0.6) is 0 Å². The molecule has 0 bridgehead atoms. The minimum absolute atomic E-state index is 0.137. The van der Waals surface area contributed by atoms with Gasteiger partial charge in [-0.05, 0) is 17.5 Å². The van der Waals surface area contributed by atoms with E-state index in [-0.39, 0.29) is 5.69 Å². The zero-order valence-corrected chi connectivity index (χ0v) is 10.9. The van der Waals surface area contributed by atoms with Crippen LogP contribution in [-0.2, 0) is 4.79 Å². The summed E-state index contributed by atoms with van der Waals surface area (Å²) in [5.41, 5.74) is 4.75. The maximum Gasteiger partial charge on any atom is 0.306 e. The van der Waals surface area contributed by atoms with Gasteiger partial charge in [0.15, 0.2) is 0 Å². The first-order valence-electron chi connectivity index (χ1n) is 5.63. The average Bonchev–Trinajstić information content (AvgIpc) is 2.29. The Kier molecular flexibility index (Phi) is 4.21. The number of amides is 1. The quantitative estimate of drug-likeness (QED) is 0.648. The summed E-state index contributed by atoms with van der Waals surface area (Å²) in [6.45, 7) is 5.39. The molecule has 19 heavy (non-hydrogen) atoms. The van der Waals surface area contributed by atoms with E-state index in [1.165, 1.54) is 6.07 Å². The number of hydrogen-bond acceptors (Lipinski definition) is 4. The molecule has 7 heteroatoms. The highest BCUT2D eigenvalue weighted by Gasteiger charge is 2.27. The van der Waals surface area contributed by atoms with E-state index in [1.807, 2.05) is 0 Å². The Hall–Kier alpha value is -2.02. The summed E-state index contributed by atoms with van der Waals surface area (Å²) < 4.78 is 13.1. The lowest BCUT2D eigenvalue weighted by Crippen LogP contribution is -2.45. The lowest BCUT2D eigenvalue weighted by atomic mass is 9.87. The molecule has 0 radical (unpaired) electrons. The molecule has 6 nitrogen and oxygen atoms in total. The third kappa shape index (κ3) is 3.72. The second-order valence-corrected chi connectivity index (χ2v) is 5.26. The van der Waals surface area contributed by atoms with E-state index in [1.54, 1.807) is 20.8 Å². The van der Waals surface area contributed by atoms with E-state index in [0.29, 0.717) is 0 Å². The van der Waals surface area contributed by atoms with Crippen molar-refractivity contribution in [2.75, 3.05) is 5.32 Å². The van der Waals surface area contributed by atoms with Crippen molar-refractivity contribution >= 4 is 17.3 Å². The molecular weight excluding hydrogens is 253 g/mol. The molecule has 1 unspecified atom stereocenters. The van der Waals surface area contributed by atoms with E-state index in [9.17, 15) is 19.3 Å². The lowest BCUT2D eigenvalue weighted by molar-refractivity contribution is -0.387. The van der Waals surface area contributed by atoms with E-state index in [4.69, 9.17) is 5.73 Å². The monoisotopic (exact) mass is 269 g/mol. The summed E-state index contributed by atoms with van der Waals surface area (Å²) >= 11 is 0. The first kappa shape index (κ1) is 15.0. The SMILES string of the molecule is CC(C)(C)C(N)C(=O)Nc1ccc(F)c([N+](=O)[O-])c1. The van der Waals surface area contributed by atoms with Gasteiger partial charge in [-0.25, -0.2) is 0 Å². The highest BCUT2D eigenvalue weighted by molar-refractivity contribution is 5.95. The van der Waals surface area contributed by atoms with Crippen molar-refractivity contribution in [3.8, 4) is 0 Å². The minimum atomic E-state index is -0.955. The Labute approximate surface area is 109 Å². The summed E-state index contributed by atoms with van der Waals surface area (Å²) in [4.78, 5) is 21.6. The summed E-state index contributed by atoms with van der Waals surface area (Å²) in [5, 5.41) is 13.0. The highest BCUT2D eigenvalue weighted by Crippen LogP contribution is 2.23. The fourth-order valence-corrected chi connectivity index (χ4v) is 1.34. The second kappa shape index (κ2) is 5.31. The van der Waals surface area contributed by atoms with E-state index in [2.05, 4.69) is 5.32 Å². The van der Waals surface area contributed by atoms with Gasteiger partial charge in [0.2, 0.25) is 11.7 Å². The molecule has 3 N–H and O–H groups in total. The molecule has 104 valence electrons. The Bertz CT molecular complexity index is 511. The number of rotatable bonds is 3. The average molecular weight is 269 g/mol. The molecular formula is C12H16FN3O3. The van der Waals surface area contributed by atoms with Crippen LogP contribution in [0.3, 0.4) is 0 Å². The summed E-state index contributed by atoms with van der Waals surface area (Å²) in [6.07, 6.45) is 0. The van der Waals surface area contributed by atoms with Crippen LogP contribution in [0.4, 0.5) is 15.8 Å². The van der Waals surface area contributed by atoms with Crippen LogP contribution in [-0.4, -0.2) is 16.9 Å². The minimum Gasteiger partial charge on any atom is -0.324 e. The Morgan fingerprint density at radius 2 is 2.05 bits per heavy atom. The zero-order valence-electron chi connectivity index (χ0n) is 10.9. The normalized spacial score (nSPS) is 12.9. The molecule has 0 aliphatic heterocycles. The molecule has 0 saturated heterocycles. The number of nitro benzene ring substituents is 1. The van der Waals surface area contributed by atoms with E-state index < -0.39 is 33.8 Å². The molecule has 1 aromatic carbocycles. The first-order valence-corrected chi connectivity index (χ1v) is 5.63. The predicted octanol–water partition coefficient (Wildman–Crippen LogP) is 2.05. The predicted molar refractivity (Wildman–Crippen MR) is 69.1 cm³/mol. The van der Waals surface area contributed by atoms with Gasteiger partial charge in [-0.1, -0.05) is 20.8 Å². The molecule has 0 heterocycles. The zero-order chi connectivity index (χ0) is 14.8. The van der Waals surface area contributed by atoms with Gasteiger partial charge in [0.25, 0.3) is 0 Å². The van der Waals surface area contributed by atoms with Gasteiger partial charge in [-0.15, -0.1) is 0 Å². The number of hydrogen-bond donors (Lipinski definition) is 2. The number of carbonyl (C=O) groups is 1. The molecule has 0 saturated carbocycles. The largest absolute Gasteiger partial charge is 0.324 e. The van der Waals surface area contributed by atoms with Gasteiger partial charge in [0, 0.05) is 11.8 Å². The van der Waals surface area contributed by atoms with Crippen molar-refractivity contribution in [1.82, 2.24) is 0 Å². The van der Waals surface area contributed by atoms with Crippen LogP contribution in [0.1, 0.15) is 20.8 Å². The van der Waals surface area contributed by atoms with Crippen LogP contribution in [0.2, 0.25) is 0 Å². The Balaban J connectivity index is 2.92. The van der Waals surface area contributed by atoms with E-state index >= 15 is 0 Å². The number of carbonyl (C=O) groups excluding carboxylic acids is 1. The first-order chi connectivity index (χ1) is 8.62.